The van der Waals surface area contributed by atoms with E-state index in [1.54, 1.807) is 0 Å². The van der Waals surface area contributed by atoms with E-state index in [0.717, 1.165) is 12.3 Å². The zero-order valence-corrected chi connectivity index (χ0v) is 9.52. The molecule has 1 heterocycles. The summed E-state index contributed by atoms with van der Waals surface area (Å²) in [7, 11) is -0.750. The van der Waals surface area contributed by atoms with E-state index in [1.165, 1.54) is 19.3 Å². The predicted molar refractivity (Wildman–Crippen MR) is 56.9 cm³/mol. The molecule has 0 aromatic carbocycles. The summed E-state index contributed by atoms with van der Waals surface area (Å²) in [5.41, 5.74) is 0. The Morgan fingerprint density at radius 3 is 2.50 bits per heavy atom. The second-order valence-electron chi connectivity index (χ2n) is 4.74. The summed E-state index contributed by atoms with van der Waals surface area (Å²) in [4.78, 5) is 0. The summed E-state index contributed by atoms with van der Waals surface area (Å²) in [5.74, 6) is 2.05. The van der Waals surface area contributed by atoms with Crippen LogP contribution in [-0.4, -0.2) is 33.0 Å². The molecule has 0 spiro atoms. The molecule has 0 aromatic rings. The van der Waals surface area contributed by atoms with Crippen molar-refractivity contribution in [1.82, 2.24) is 5.32 Å². The van der Waals surface area contributed by atoms with Crippen LogP contribution in [0, 0.1) is 11.8 Å². The second kappa shape index (κ2) is 3.81. The minimum Gasteiger partial charge on any atom is -0.317 e. The van der Waals surface area contributed by atoms with E-state index in [-0.39, 0.29) is 0 Å². The van der Waals surface area contributed by atoms with Crippen LogP contribution in [0.25, 0.3) is 0 Å². The highest BCUT2D eigenvalue weighted by Crippen LogP contribution is 2.36. The Labute approximate surface area is 86.2 Å². The minimum atomic E-state index is -2.71. The summed E-state index contributed by atoms with van der Waals surface area (Å²) in [6.07, 6.45) is 4.73. The number of nitrogens with one attached hydrogen (secondary N) is 1. The first-order valence-electron chi connectivity index (χ1n) is 5.48. The molecule has 2 unspecified atom stereocenters. The fraction of sp³-hybridized carbons (Fsp3) is 1.00. The minimum absolute atomic E-state index is 0.366. The highest BCUT2D eigenvalue weighted by atomic mass is 32.2. The van der Waals surface area contributed by atoms with Crippen molar-refractivity contribution in [2.24, 2.45) is 11.8 Å². The van der Waals surface area contributed by atoms with Gasteiger partial charge in [0.25, 0.3) is 0 Å². The molecule has 1 aliphatic carbocycles. The van der Waals surface area contributed by atoms with Gasteiger partial charge in [-0.3, -0.25) is 0 Å². The van der Waals surface area contributed by atoms with Crippen LogP contribution in [0.1, 0.15) is 25.7 Å². The first-order valence-corrected chi connectivity index (χ1v) is 7.30. The van der Waals surface area contributed by atoms with Crippen LogP contribution in [-0.2, 0) is 9.84 Å². The monoisotopic (exact) mass is 217 g/mol. The number of rotatable bonds is 4. The SMILES string of the molecule is CNC(CC1CC1)C1CCS(=O)(=O)C1. The van der Waals surface area contributed by atoms with Crippen LogP contribution in [0.4, 0.5) is 0 Å². The van der Waals surface area contributed by atoms with E-state index >= 15 is 0 Å². The molecule has 2 fully saturated rings. The lowest BCUT2D eigenvalue weighted by atomic mass is 9.95. The molecule has 1 saturated heterocycles. The van der Waals surface area contributed by atoms with E-state index in [4.69, 9.17) is 0 Å². The number of sulfone groups is 1. The molecular formula is C10H19NO2S. The largest absolute Gasteiger partial charge is 0.317 e. The quantitative estimate of drug-likeness (QED) is 0.758. The Bertz CT molecular complexity index is 295. The molecule has 0 aromatic heterocycles. The van der Waals surface area contributed by atoms with Gasteiger partial charge in [-0.1, -0.05) is 12.8 Å². The van der Waals surface area contributed by atoms with Crippen molar-refractivity contribution in [3.63, 3.8) is 0 Å². The number of hydrogen-bond acceptors (Lipinski definition) is 3. The maximum Gasteiger partial charge on any atom is 0.150 e. The molecule has 14 heavy (non-hydrogen) atoms. The molecule has 1 saturated carbocycles. The van der Waals surface area contributed by atoms with Crippen molar-refractivity contribution >= 4 is 9.84 Å². The van der Waals surface area contributed by atoms with Gasteiger partial charge < -0.3 is 5.32 Å². The summed E-state index contributed by atoms with van der Waals surface area (Å²) >= 11 is 0. The lowest BCUT2D eigenvalue weighted by molar-refractivity contribution is 0.368. The molecular weight excluding hydrogens is 198 g/mol. The Balaban J connectivity index is 1.91. The van der Waals surface area contributed by atoms with Gasteiger partial charge in [0.05, 0.1) is 11.5 Å². The van der Waals surface area contributed by atoms with Crippen molar-refractivity contribution in [2.45, 2.75) is 31.7 Å². The normalized spacial score (nSPS) is 33.1. The zero-order valence-electron chi connectivity index (χ0n) is 8.70. The fourth-order valence-electron chi connectivity index (χ4n) is 2.40. The van der Waals surface area contributed by atoms with E-state index in [0.29, 0.717) is 23.5 Å². The summed E-state index contributed by atoms with van der Waals surface area (Å²) in [6.45, 7) is 0. The van der Waals surface area contributed by atoms with Crippen molar-refractivity contribution < 1.29 is 8.42 Å². The third-order valence-electron chi connectivity index (χ3n) is 3.49. The maximum atomic E-state index is 11.3. The van der Waals surface area contributed by atoms with Gasteiger partial charge in [0.1, 0.15) is 0 Å². The third-order valence-corrected chi connectivity index (χ3v) is 5.29. The molecule has 0 bridgehead atoms. The highest BCUT2D eigenvalue weighted by Gasteiger charge is 2.35. The van der Waals surface area contributed by atoms with E-state index in [1.807, 2.05) is 7.05 Å². The Morgan fingerprint density at radius 2 is 2.07 bits per heavy atom. The maximum absolute atomic E-state index is 11.3. The molecule has 3 nitrogen and oxygen atoms in total. The van der Waals surface area contributed by atoms with Crippen molar-refractivity contribution in [1.29, 1.82) is 0 Å². The molecule has 0 radical (unpaired) electrons. The van der Waals surface area contributed by atoms with Gasteiger partial charge in [-0.05, 0) is 31.7 Å². The van der Waals surface area contributed by atoms with Crippen LogP contribution in [0.2, 0.25) is 0 Å². The van der Waals surface area contributed by atoms with Crippen molar-refractivity contribution in [2.75, 3.05) is 18.6 Å². The molecule has 0 amide bonds. The summed E-state index contributed by atoms with van der Waals surface area (Å²) in [6, 6.07) is 0.430. The topological polar surface area (TPSA) is 46.2 Å². The summed E-state index contributed by atoms with van der Waals surface area (Å²) < 4.78 is 22.7. The van der Waals surface area contributed by atoms with Gasteiger partial charge in [-0.2, -0.15) is 0 Å². The summed E-state index contributed by atoms with van der Waals surface area (Å²) in [5, 5.41) is 3.29. The highest BCUT2D eigenvalue weighted by molar-refractivity contribution is 7.91. The van der Waals surface area contributed by atoms with Gasteiger partial charge in [-0.15, -0.1) is 0 Å². The van der Waals surface area contributed by atoms with Crippen LogP contribution in [0.5, 0.6) is 0 Å². The van der Waals surface area contributed by atoms with Crippen LogP contribution < -0.4 is 5.32 Å². The molecule has 1 aliphatic heterocycles. The lowest BCUT2D eigenvalue weighted by Crippen LogP contribution is -2.34. The lowest BCUT2D eigenvalue weighted by Gasteiger charge is -2.21. The molecule has 2 aliphatic rings. The van der Waals surface area contributed by atoms with Gasteiger partial charge in [0.15, 0.2) is 9.84 Å². The van der Waals surface area contributed by atoms with E-state index in [9.17, 15) is 8.42 Å². The zero-order chi connectivity index (χ0) is 10.2. The van der Waals surface area contributed by atoms with E-state index in [2.05, 4.69) is 5.32 Å². The van der Waals surface area contributed by atoms with E-state index < -0.39 is 9.84 Å². The van der Waals surface area contributed by atoms with Crippen molar-refractivity contribution in [3.8, 4) is 0 Å². The fourth-order valence-corrected chi connectivity index (χ4v) is 4.28. The average molecular weight is 217 g/mol. The molecule has 1 N–H and O–H groups in total. The molecule has 2 rings (SSSR count). The van der Waals surface area contributed by atoms with Crippen LogP contribution >= 0.6 is 0 Å². The van der Waals surface area contributed by atoms with Crippen LogP contribution in [0.15, 0.2) is 0 Å². The number of hydrogen-bond donors (Lipinski definition) is 1. The molecule has 4 heteroatoms. The van der Waals surface area contributed by atoms with Gasteiger partial charge in [0, 0.05) is 6.04 Å². The van der Waals surface area contributed by atoms with Crippen molar-refractivity contribution in [3.05, 3.63) is 0 Å². The first kappa shape index (κ1) is 10.4. The average Bonchev–Trinajstić information content (AvgIpc) is 2.86. The van der Waals surface area contributed by atoms with Gasteiger partial charge in [-0.25, -0.2) is 8.42 Å². The Hall–Kier alpha value is -0.0900. The first-order chi connectivity index (χ1) is 6.61. The smallest absolute Gasteiger partial charge is 0.150 e. The third kappa shape index (κ3) is 2.48. The second-order valence-corrected chi connectivity index (χ2v) is 6.97. The van der Waals surface area contributed by atoms with Crippen LogP contribution in [0.3, 0.4) is 0 Å². The Kier molecular flexibility index (Phi) is 2.84. The molecule has 82 valence electrons. The molecule has 2 atom stereocenters. The standard InChI is InChI=1S/C10H19NO2S/c1-11-10(6-8-2-3-8)9-4-5-14(12,13)7-9/h8-11H,2-7H2,1H3. The van der Waals surface area contributed by atoms with Gasteiger partial charge in [0.2, 0.25) is 0 Å². The Morgan fingerprint density at radius 1 is 1.36 bits per heavy atom. The predicted octanol–water partition coefficient (Wildman–Crippen LogP) is 0.809. The van der Waals surface area contributed by atoms with Gasteiger partial charge >= 0.3 is 0 Å².